The van der Waals surface area contributed by atoms with Gasteiger partial charge in [-0.25, -0.2) is 4.98 Å². The Morgan fingerprint density at radius 3 is 2.88 bits per heavy atom. The topological polar surface area (TPSA) is 66.9 Å². The molecule has 1 aromatic heterocycles. The minimum absolute atomic E-state index is 0.108. The van der Waals surface area contributed by atoms with Crippen molar-refractivity contribution in [2.75, 3.05) is 30.0 Å². The van der Waals surface area contributed by atoms with E-state index in [1.807, 2.05) is 13.0 Å². The Hall–Kier alpha value is -1.17. The third-order valence-electron chi connectivity index (χ3n) is 2.33. The molecule has 1 rings (SSSR count). The molecule has 0 bridgehead atoms. The van der Waals surface area contributed by atoms with E-state index in [0.717, 1.165) is 18.8 Å². The molecule has 2 atom stereocenters. The fourth-order valence-electron chi connectivity index (χ4n) is 1.14. The zero-order valence-electron chi connectivity index (χ0n) is 10.6. The molecule has 2 unspecified atom stereocenters. The summed E-state index contributed by atoms with van der Waals surface area (Å²) in [6.45, 7) is 5.54. The summed E-state index contributed by atoms with van der Waals surface area (Å²) >= 11 is 0. The number of aromatic nitrogens is 2. The van der Waals surface area contributed by atoms with Crippen molar-refractivity contribution >= 4 is 22.6 Å². The molecule has 0 radical (unpaired) electrons. The van der Waals surface area contributed by atoms with Crippen LogP contribution in [0.2, 0.25) is 0 Å². The first-order valence-electron chi connectivity index (χ1n) is 5.76. The molecular weight excluding hydrogens is 236 g/mol. The van der Waals surface area contributed by atoms with Crippen LogP contribution in [0.5, 0.6) is 0 Å². The molecule has 0 amide bonds. The van der Waals surface area contributed by atoms with E-state index in [0.29, 0.717) is 12.5 Å². The maximum absolute atomic E-state index is 11.2. The molecule has 0 saturated heterocycles. The van der Waals surface area contributed by atoms with Crippen LogP contribution in [0.25, 0.3) is 0 Å². The van der Waals surface area contributed by atoms with E-state index in [1.165, 1.54) is 0 Å². The molecule has 17 heavy (non-hydrogen) atoms. The van der Waals surface area contributed by atoms with Crippen molar-refractivity contribution in [2.24, 2.45) is 0 Å². The van der Waals surface area contributed by atoms with Gasteiger partial charge in [-0.2, -0.15) is 4.98 Å². The third-order valence-corrected chi connectivity index (χ3v) is 3.63. The maximum Gasteiger partial charge on any atom is 0.224 e. The van der Waals surface area contributed by atoms with Gasteiger partial charge < -0.3 is 10.6 Å². The fraction of sp³-hybridized carbons (Fsp3) is 0.636. The van der Waals surface area contributed by atoms with Crippen molar-refractivity contribution in [3.05, 3.63) is 12.3 Å². The first-order chi connectivity index (χ1) is 8.13. The van der Waals surface area contributed by atoms with E-state index >= 15 is 0 Å². The summed E-state index contributed by atoms with van der Waals surface area (Å²) < 4.78 is 11.2. The lowest BCUT2D eigenvalue weighted by molar-refractivity contribution is 0.679. The van der Waals surface area contributed by atoms with Crippen molar-refractivity contribution in [1.82, 2.24) is 9.97 Å². The van der Waals surface area contributed by atoms with E-state index in [-0.39, 0.29) is 5.25 Å². The number of anilines is 2. The Morgan fingerprint density at radius 2 is 2.24 bits per heavy atom. The summed E-state index contributed by atoms with van der Waals surface area (Å²) in [5.41, 5.74) is 0. The predicted molar refractivity (Wildman–Crippen MR) is 72.8 cm³/mol. The van der Waals surface area contributed by atoms with Gasteiger partial charge in [-0.1, -0.05) is 6.92 Å². The minimum atomic E-state index is -0.816. The molecule has 0 aromatic carbocycles. The summed E-state index contributed by atoms with van der Waals surface area (Å²) in [6.07, 6.45) is 4.45. The van der Waals surface area contributed by atoms with E-state index in [4.69, 9.17) is 0 Å². The van der Waals surface area contributed by atoms with Crippen LogP contribution in [0.3, 0.4) is 0 Å². The lowest BCUT2D eigenvalue weighted by Gasteiger charge is -2.11. The van der Waals surface area contributed by atoms with E-state index in [2.05, 4.69) is 27.5 Å². The quantitative estimate of drug-likeness (QED) is 0.773. The molecule has 5 nitrogen and oxygen atoms in total. The average molecular weight is 256 g/mol. The van der Waals surface area contributed by atoms with Crippen LogP contribution in [0.15, 0.2) is 12.3 Å². The van der Waals surface area contributed by atoms with Crippen LogP contribution in [-0.4, -0.2) is 38.8 Å². The lowest BCUT2D eigenvalue weighted by Crippen LogP contribution is -2.21. The monoisotopic (exact) mass is 256 g/mol. The highest BCUT2D eigenvalue weighted by atomic mass is 32.2. The Labute approximate surface area is 105 Å². The van der Waals surface area contributed by atoms with Crippen LogP contribution >= 0.6 is 0 Å². The van der Waals surface area contributed by atoms with Gasteiger partial charge in [0, 0.05) is 41.6 Å². The first-order valence-corrected chi connectivity index (χ1v) is 7.38. The van der Waals surface area contributed by atoms with E-state index in [9.17, 15) is 4.21 Å². The van der Waals surface area contributed by atoms with Crippen molar-refractivity contribution in [1.29, 1.82) is 0 Å². The van der Waals surface area contributed by atoms with Crippen molar-refractivity contribution in [3.63, 3.8) is 0 Å². The van der Waals surface area contributed by atoms with Gasteiger partial charge >= 0.3 is 0 Å². The Kier molecular flexibility index (Phi) is 5.90. The normalized spacial score (nSPS) is 14.1. The van der Waals surface area contributed by atoms with Gasteiger partial charge in [0.15, 0.2) is 0 Å². The van der Waals surface area contributed by atoms with Crippen molar-refractivity contribution in [2.45, 2.75) is 25.5 Å². The molecule has 1 heterocycles. The second-order valence-electron chi connectivity index (χ2n) is 3.88. The zero-order valence-corrected chi connectivity index (χ0v) is 11.4. The van der Waals surface area contributed by atoms with Gasteiger partial charge in [-0.05, 0) is 19.4 Å². The lowest BCUT2D eigenvalue weighted by atomic mass is 10.4. The number of rotatable bonds is 7. The van der Waals surface area contributed by atoms with Gasteiger partial charge in [0.25, 0.3) is 0 Å². The molecule has 0 fully saturated rings. The van der Waals surface area contributed by atoms with Crippen LogP contribution in [0.4, 0.5) is 11.8 Å². The highest BCUT2D eigenvalue weighted by Gasteiger charge is 2.06. The SMILES string of the molecule is CCCNc1nccc(NCC(C)S(C)=O)n1. The molecule has 2 N–H and O–H groups in total. The molecule has 0 saturated carbocycles. The summed E-state index contributed by atoms with van der Waals surface area (Å²) in [5.74, 6) is 1.39. The van der Waals surface area contributed by atoms with Crippen molar-refractivity contribution in [3.8, 4) is 0 Å². The van der Waals surface area contributed by atoms with Crippen LogP contribution in [0.1, 0.15) is 20.3 Å². The predicted octanol–water partition coefficient (Wildman–Crippen LogP) is 1.48. The van der Waals surface area contributed by atoms with Crippen LogP contribution in [0, 0.1) is 0 Å². The highest BCUT2D eigenvalue weighted by molar-refractivity contribution is 7.84. The van der Waals surface area contributed by atoms with Crippen molar-refractivity contribution < 1.29 is 4.21 Å². The largest absolute Gasteiger partial charge is 0.369 e. The van der Waals surface area contributed by atoms with Gasteiger partial charge in [-0.15, -0.1) is 0 Å². The molecule has 0 aliphatic carbocycles. The average Bonchev–Trinajstić information content (AvgIpc) is 2.33. The van der Waals surface area contributed by atoms with Gasteiger partial charge in [0.1, 0.15) is 5.82 Å². The minimum Gasteiger partial charge on any atom is -0.369 e. The molecule has 0 aliphatic heterocycles. The third kappa shape index (κ3) is 5.12. The number of nitrogens with zero attached hydrogens (tertiary/aromatic N) is 2. The Balaban J connectivity index is 2.50. The van der Waals surface area contributed by atoms with Gasteiger partial charge in [-0.3, -0.25) is 4.21 Å². The standard InChI is InChI=1S/C11H20N4OS/c1-4-6-12-11-13-7-5-10(15-11)14-8-9(2)17(3)16/h5,7,9H,4,6,8H2,1-3H3,(H2,12,13,14,15). The summed E-state index contributed by atoms with van der Waals surface area (Å²) in [5, 5.41) is 6.39. The molecule has 6 heteroatoms. The number of nitrogens with one attached hydrogen (secondary N) is 2. The summed E-state index contributed by atoms with van der Waals surface area (Å²) in [4.78, 5) is 8.43. The fourth-order valence-corrected chi connectivity index (χ4v) is 1.46. The zero-order chi connectivity index (χ0) is 12.7. The second-order valence-corrected chi connectivity index (χ2v) is 5.68. The Bertz CT molecular complexity index is 372. The molecule has 96 valence electrons. The van der Waals surface area contributed by atoms with Crippen LogP contribution < -0.4 is 10.6 Å². The van der Waals surface area contributed by atoms with E-state index < -0.39 is 10.8 Å². The molecule has 1 aromatic rings. The van der Waals surface area contributed by atoms with E-state index in [1.54, 1.807) is 12.5 Å². The Morgan fingerprint density at radius 1 is 1.47 bits per heavy atom. The smallest absolute Gasteiger partial charge is 0.224 e. The number of hydrogen-bond donors (Lipinski definition) is 2. The summed E-state index contributed by atoms with van der Waals surface area (Å²) in [7, 11) is -0.816. The molecular formula is C11H20N4OS. The first kappa shape index (κ1) is 13.9. The highest BCUT2D eigenvalue weighted by Crippen LogP contribution is 2.06. The van der Waals surface area contributed by atoms with Crippen LogP contribution in [-0.2, 0) is 10.8 Å². The molecule has 0 spiro atoms. The molecule has 0 aliphatic rings. The summed E-state index contributed by atoms with van der Waals surface area (Å²) in [6, 6.07) is 1.81. The van der Waals surface area contributed by atoms with Gasteiger partial charge in [0.05, 0.1) is 0 Å². The van der Waals surface area contributed by atoms with Gasteiger partial charge in [0.2, 0.25) is 5.95 Å². The maximum atomic E-state index is 11.2. The number of hydrogen-bond acceptors (Lipinski definition) is 5. The second kappa shape index (κ2) is 7.21.